The molecule has 0 saturated carbocycles. The van der Waals surface area contributed by atoms with Gasteiger partial charge in [-0.1, -0.05) is 36.4 Å². The molecule has 7 nitrogen and oxygen atoms in total. The normalized spacial score (nSPS) is 16.2. The van der Waals surface area contributed by atoms with Crippen LogP contribution in [-0.2, 0) is 10.0 Å². The van der Waals surface area contributed by atoms with Crippen molar-refractivity contribution in [1.29, 1.82) is 5.26 Å². The number of benzene rings is 3. The quantitative estimate of drug-likeness (QED) is 0.348. The largest absolute Gasteiger partial charge is 0.573 e. The molecule has 0 aromatic heterocycles. The van der Waals surface area contributed by atoms with Crippen LogP contribution >= 0.6 is 0 Å². The van der Waals surface area contributed by atoms with E-state index in [4.69, 9.17) is 10.00 Å². The smallest absolute Gasteiger partial charge is 0.494 e. The zero-order valence-corrected chi connectivity index (χ0v) is 21.1. The highest BCUT2D eigenvalue weighted by Crippen LogP contribution is 2.30. The molecule has 3 aromatic rings. The van der Waals surface area contributed by atoms with Gasteiger partial charge in [-0.15, -0.1) is 13.2 Å². The highest BCUT2D eigenvalue weighted by molar-refractivity contribution is 7.89. The number of ether oxygens (including phenoxy) is 2. The molecule has 0 amide bonds. The first-order chi connectivity index (χ1) is 18.1. The number of alkyl halides is 3. The number of hydrogen-bond donors (Lipinski definition) is 1. The topological polar surface area (TPSA) is 91.7 Å². The summed E-state index contributed by atoms with van der Waals surface area (Å²) in [5, 5.41) is 8.92. The van der Waals surface area contributed by atoms with Crippen LogP contribution in [-0.4, -0.2) is 45.5 Å². The van der Waals surface area contributed by atoms with E-state index in [0.717, 1.165) is 29.7 Å². The Morgan fingerprint density at radius 1 is 1.00 bits per heavy atom. The molecule has 1 N–H and O–H groups in total. The molecule has 3 aromatic carbocycles. The number of rotatable bonds is 10. The van der Waals surface area contributed by atoms with Crippen LogP contribution in [0.25, 0.3) is 11.1 Å². The molecule has 0 bridgehead atoms. The van der Waals surface area contributed by atoms with Gasteiger partial charge in [0.2, 0.25) is 10.0 Å². The molecule has 1 unspecified atom stereocenters. The Bertz CT molecular complexity index is 1370. The molecule has 1 saturated heterocycles. The number of nitriles is 1. The fourth-order valence-electron chi connectivity index (χ4n) is 4.29. The van der Waals surface area contributed by atoms with Crippen LogP contribution in [0.3, 0.4) is 0 Å². The molecule has 11 heteroatoms. The average Bonchev–Trinajstić information content (AvgIpc) is 3.32. The van der Waals surface area contributed by atoms with Crippen LogP contribution in [0.4, 0.5) is 13.2 Å². The SMILES string of the molecule is N#Cc1ccc(-c2ccc(OCCCN3CCCC3NS(=O)(=O)c3ccccc3OC(F)(F)F)cc2)cc1. The third-order valence-electron chi connectivity index (χ3n) is 6.08. The van der Waals surface area contributed by atoms with E-state index < -0.39 is 33.2 Å². The van der Waals surface area contributed by atoms with Crippen molar-refractivity contribution in [3.05, 3.63) is 78.4 Å². The highest BCUT2D eigenvalue weighted by Gasteiger charge is 2.35. The summed E-state index contributed by atoms with van der Waals surface area (Å²) in [6.07, 6.45) is -3.62. The summed E-state index contributed by atoms with van der Waals surface area (Å²) in [4.78, 5) is 1.39. The van der Waals surface area contributed by atoms with Gasteiger partial charge in [-0.2, -0.15) is 9.98 Å². The average molecular weight is 546 g/mol. The van der Waals surface area contributed by atoms with Crippen LogP contribution in [0, 0.1) is 11.3 Å². The third-order valence-corrected chi connectivity index (χ3v) is 7.58. The van der Waals surface area contributed by atoms with Crippen LogP contribution < -0.4 is 14.2 Å². The van der Waals surface area contributed by atoms with E-state index in [-0.39, 0.29) is 0 Å². The molecule has 1 aliphatic heterocycles. The van der Waals surface area contributed by atoms with E-state index in [1.165, 1.54) is 12.1 Å². The first-order valence-corrected chi connectivity index (χ1v) is 13.5. The van der Waals surface area contributed by atoms with Crippen molar-refractivity contribution in [3.8, 4) is 28.7 Å². The lowest BCUT2D eigenvalue weighted by Gasteiger charge is -2.25. The highest BCUT2D eigenvalue weighted by atomic mass is 32.2. The van der Waals surface area contributed by atoms with E-state index in [1.807, 2.05) is 41.3 Å². The standard InChI is InChI=1S/C27H26F3N3O4S/c28-27(29,30)37-24-5-1-2-6-25(24)38(34,35)32-26-7-3-16-33(26)17-4-18-36-23-14-12-22(13-15-23)21-10-8-20(19-31)9-11-21/h1-2,5-6,8-15,26,32H,3-4,7,16-18H2. The zero-order chi connectivity index (χ0) is 27.2. The Balaban J connectivity index is 1.29. The predicted octanol–water partition coefficient (Wildman–Crippen LogP) is 5.29. The molecular weight excluding hydrogens is 519 g/mol. The maximum Gasteiger partial charge on any atom is 0.573 e. The molecule has 0 aliphatic carbocycles. The minimum absolute atomic E-state index is 0.411. The summed E-state index contributed by atoms with van der Waals surface area (Å²) in [5.74, 6) is -0.0713. The van der Waals surface area contributed by atoms with Crippen molar-refractivity contribution in [2.45, 2.75) is 36.7 Å². The van der Waals surface area contributed by atoms with Crippen molar-refractivity contribution in [3.63, 3.8) is 0 Å². The van der Waals surface area contributed by atoms with Gasteiger partial charge in [0.25, 0.3) is 0 Å². The van der Waals surface area contributed by atoms with Crippen LogP contribution in [0.1, 0.15) is 24.8 Å². The summed E-state index contributed by atoms with van der Waals surface area (Å²) in [6, 6.07) is 21.7. The first-order valence-electron chi connectivity index (χ1n) is 12.0. The molecule has 1 heterocycles. The van der Waals surface area contributed by atoms with Gasteiger partial charge in [0.1, 0.15) is 16.4 Å². The van der Waals surface area contributed by atoms with Gasteiger partial charge >= 0.3 is 6.36 Å². The predicted molar refractivity (Wildman–Crippen MR) is 135 cm³/mol. The fourth-order valence-corrected chi connectivity index (χ4v) is 5.67. The molecule has 1 fully saturated rings. The van der Waals surface area contributed by atoms with Crippen molar-refractivity contribution >= 4 is 10.0 Å². The maximum atomic E-state index is 12.9. The Labute approximate surface area is 219 Å². The second-order valence-electron chi connectivity index (χ2n) is 8.73. The number of nitrogens with one attached hydrogen (secondary N) is 1. The summed E-state index contributed by atoms with van der Waals surface area (Å²) in [7, 11) is -4.25. The number of sulfonamides is 1. The molecule has 0 spiro atoms. The first kappa shape index (κ1) is 27.4. The second kappa shape index (κ2) is 11.9. The van der Waals surface area contributed by atoms with Crippen LogP contribution in [0.15, 0.2) is 77.7 Å². The Morgan fingerprint density at radius 3 is 2.32 bits per heavy atom. The fraction of sp³-hybridized carbons (Fsp3) is 0.296. The number of hydrogen-bond acceptors (Lipinski definition) is 6. The summed E-state index contributed by atoms with van der Waals surface area (Å²) >= 11 is 0. The van der Waals surface area contributed by atoms with Crippen molar-refractivity contribution in [1.82, 2.24) is 9.62 Å². The lowest BCUT2D eigenvalue weighted by Crippen LogP contribution is -2.44. The third kappa shape index (κ3) is 7.25. The van der Waals surface area contributed by atoms with E-state index in [9.17, 15) is 21.6 Å². The molecule has 38 heavy (non-hydrogen) atoms. The Kier molecular flexibility index (Phi) is 8.56. The zero-order valence-electron chi connectivity index (χ0n) is 20.3. The lowest BCUT2D eigenvalue weighted by molar-refractivity contribution is -0.275. The number of halogens is 3. The molecule has 200 valence electrons. The molecule has 1 atom stereocenters. The van der Waals surface area contributed by atoms with E-state index in [2.05, 4.69) is 15.5 Å². The molecular formula is C27H26F3N3O4S. The van der Waals surface area contributed by atoms with Gasteiger partial charge in [-0.3, -0.25) is 4.90 Å². The van der Waals surface area contributed by atoms with Gasteiger partial charge in [-0.05, 0) is 73.3 Å². The number of nitrogens with zero attached hydrogens (tertiary/aromatic N) is 2. The van der Waals surface area contributed by atoms with Gasteiger partial charge in [0.05, 0.1) is 24.4 Å². The van der Waals surface area contributed by atoms with Crippen molar-refractivity contribution in [2.75, 3.05) is 19.7 Å². The molecule has 4 rings (SSSR count). The molecule has 1 aliphatic rings. The van der Waals surface area contributed by atoms with Gasteiger partial charge in [0.15, 0.2) is 0 Å². The van der Waals surface area contributed by atoms with Gasteiger partial charge < -0.3 is 9.47 Å². The van der Waals surface area contributed by atoms with Crippen molar-refractivity contribution in [2.24, 2.45) is 0 Å². The lowest BCUT2D eigenvalue weighted by atomic mass is 10.0. The summed E-state index contributed by atoms with van der Waals surface area (Å²) < 4.78 is 76.2. The van der Waals surface area contributed by atoms with Crippen LogP contribution in [0.5, 0.6) is 11.5 Å². The Morgan fingerprint density at radius 2 is 1.66 bits per heavy atom. The monoisotopic (exact) mass is 545 g/mol. The number of para-hydroxylation sites is 1. The second-order valence-corrected chi connectivity index (χ2v) is 10.4. The number of likely N-dealkylation sites (tertiary alicyclic amines) is 1. The van der Waals surface area contributed by atoms with Gasteiger partial charge in [0, 0.05) is 6.54 Å². The van der Waals surface area contributed by atoms with E-state index in [1.54, 1.807) is 12.1 Å². The molecule has 0 radical (unpaired) electrons. The van der Waals surface area contributed by atoms with E-state index >= 15 is 0 Å². The van der Waals surface area contributed by atoms with Crippen molar-refractivity contribution < 1.29 is 31.1 Å². The minimum atomic E-state index is -5.00. The Hall–Kier alpha value is -3.59. The minimum Gasteiger partial charge on any atom is -0.494 e. The van der Waals surface area contributed by atoms with E-state index in [0.29, 0.717) is 43.9 Å². The summed E-state index contributed by atoms with van der Waals surface area (Å²) in [6.45, 7) is 1.62. The van der Waals surface area contributed by atoms with Gasteiger partial charge in [-0.25, -0.2) is 8.42 Å². The summed E-state index contributed by atoms with van der Waals surface area (Å²) in [5.41, 5.74) is 2.59. The maximum absolute atomic E-state index is 12.9. The van der Waals surface area contributed by atoms with Crippen LogP contribution in [0.2, 0.25) is 0 Å².